The van der Waals surface area contributed by atoms with Crippen LogP contribution in [0.15, 0.2) is 55.0 Å². The van der Waals surface area contributed by atoms with Crippen LogP contribution in [0.25, 0.3) is 5.65 Å². The van der Waals surface area contributed by atoms with Crippen LogP contribution in [0.1, 0.15) is 41.7 Å². The van der Waals surface area contributed by atoms with Gasteiger partial charge in [-0.2, -0.15) is 5.26 Å². The number of aromatic nitrogens is 4. The minimum atomic E-state index is -0.648. The van der Waals surface area contributed by atoms with E-state index in [1.54, 1.807) is 18.2 Å². The van der Waals surface area contributed by atoms with Crippen LogP contribution in [-0.4, -0.2) is 37.6 Å². The maximum Gasteiger partial charge on any atom is 0.276 e. The third-order valence-electron chi connectivity index (χ3n) is 6.12. The maximum absolute atomic E-state index is 14.1. The van der Waals surface area contributed by atoms with E-state index in [1.165, 1.54) is 23.0 Å². The predicted molar refractivity (Wildman–Crippen MR) is 133 cm³/mol. The molecule has 0 spiro atoms. The van der Waals surface area contributed by atoms with E-state index < -0.39 is 11.7 Å². The van der Waals surface area contributed by atoms with E-state index >= 15 is 0 Å². The Morgan fingerprint density at radius 2 is 1.97 bits per heavy atom. The van der Waals surface area contributed by atoms with E-state index in [-0.39, 0.29) is 23.5 Å². The molecule has 1 fully saturated rings. The van der Waals surface area contributed by atoms with Crippen molar-refractivity contribution in [2.45, 2.75) is 37.8 Å². The average molecular weight is 486 g/mol. The number of nitriles is 1. The summed E-state index contributed by atoms with van der Waals surface area (Å²) < 4.78 is 15.5. The Kier molecular flexibility index (Phi) is 6.42. The Balaban J connectivity index is 1.51. The topological polar surface area (TPSA) is 146 Å². The molecule has 3 aromatic heterocycles. The molecule has 5 rings (SSSR count). The van der Waals surface area contributed by atoms with Gasteiger partial charge in [-0.15, -0.1) is 5.10 Å². The van der Waals surface area contributed by atoms with Gasteiger partial charge in [0.25, 0.3) is 5.91 Å². The Morgan fingerprint density at radius 1 is 1.14 bits per heavy atom. The second kappa shape index (κ2) is 9.97. The third kappa shape index (κ3) is 4.94. The zero-order valence-corrected chi connectivity index (χ0v) is 19.3. The lowest BCUT2D eigenvalue weighted by Gasteiger charge is -2.27. The molecular formula is C25H24FN9O. The third-order valence-corrected chi connectivity index (χ3v) is 6.12. The smallest absolute Gasteiger partial charge is 0.276 e. The number of carbonyl (C=O) groups is 1. The van der Waals surface area contributed by atoms with E-state index in [0.717, 1.165) is 31.9 Å². The molecule has 3 heterocycles. The summed E-state index contributed by atoms with van der Waals surface area (Å²) in [6.07, 6.45) is 7.46. The first-order valence-corrected chi connectivity index (χ1v) is 11.6. The molecule has 0 bridgehead atoms. The van der Waals surface area contributed by atoms with Gasteiger partial charge in [0.1, 0.15) is 5.82 Å². The fourth-order valence-electron chi connectivity index (χ4n) is 4.24. The minimum Gasteiger partial charge on any atom is -0.366 e. The van der Waals surface area contributed by atoms with Gasteiger partial charge in [0.15, 0.2) is 17.2 Å². The quantitative estimate of drug-likeness (QED) is 0.322. The van der Waals surface area contributed by atoms with Crippen molar-refractivity contribution in [3.05, 3.63) is 72.1 Å². The fourth-order valence-corrected chi connectivity index (χ4v) is 4.24. The van der Waals surface area contributed by atoms with Crippen LogP contribution in [-0.2, 0) is 0 Å². The molecule has 11 heteroatoms. The number of rotatable bonds is 6. The van der Waals surface area contributed by atoms with Gasteiger partial charge in [-0.25, -0.2) is 13.9 Å². The van der Waals surface area contributed by atoms with Gasteiger partial charge in [-0.3, -0.25) is 9.78 Å². The monoisotopic (exact) mass is 485 g/mol. The van der Waals surface area contributed by atoms with Crippen LogP contribution >= 0.6 is 0 Å². The number of imidazole rings is 1. The molecule has 36 heavy (non-hydrogen) atoms. The first-order chi connectivity index (χ1) is 17.5. The Morgan fingerprint density at radius 3 is 2.75 bits per heavy atom. The molecule has 4 aromatic rings. The average Bonchev–Trinajstić information content (AvgIpc) is 3.31. The Hall–Kier alpha value is -4.56. The molecule has 182 valence electrons. The number of anilines is 4. The number of halogens is 1. The van der Waals surface area contributed by atoms with Gasteiger partial charge >= 0.3 is 0 Å². The van der Waals surface area contributed by atoms with Gasteiger partial charge in [-0.1, -0.05) is 6.07 Å². The highest BCUT2D eigenvalue weighted by molar-refractivity contribution is 6.03. The number of nitrogens with zero attached hydrogens (tertiary/aromatic N) is 5. The second-order valence-electron chi connectivity index (χ2n) is 8.71. The van der Waals surface area contributed by atoms with E-state index in [9.17, 15) is 14.4 Å². The lowest BCUT2D eigenvalue weighted by atomic mass is 9.92. The highest BCUT2D eigenvalue weighted by Gasteiger charge is 2.22. The van der Waals surface area contributed by atoms with E-state index in [1.807, 2.05) is 12.1 Å². The van der Waals surface area contributed by atoms with Gasteiger partial charge in [0, 0.05) is 30.0 Å². The van der Waals surface area contributed by atoms with Crippen molar-refractivity contribution >= 4 is 34.4 Å². The van der Waals surface area contributed by atoms with E-state index in [2.05, 4.69) is 37.1 Å². The number of benzene rings is 1. The van der Waals surface area contributed by atoms with Gasteiger partial charge in [0.05, 0.1) is 35.4 Å². The molecule has 10 nitrogen and oxygen atoms in total. The highest BCUT2D eigenvalue weighted by Crippen LogP contribution is 2.27. The van der Waals surface area contributed by atoms with Crippen LogP contribution in [0.5, 0.6) is 0 Å². The van der Waals surface area contributed by atoms with Crippen LogP contribution in [0.3, 0.4) is 0 Å². The number of carbonyl (C=O) groups excluding carboxylic acids is 1. The molecule has 1 aromatic carbocycles. The molecule has 1 aliphatic carbocycles. The number of hydrogen-bond donors (Lipinski definition) is 4. The van der Waals surface area contributed by atoms with E-state index in [0.29, 0.717) is 28.4 Å². The summed E-state index contributed by atoms with van der Waals surface area (Å²) in [5.41, 5.74) is 8.35. The van der Waals surface area contributed by atoms with Crippen molar-refractivity contribution in [3.8, 4) is 6.07 Å². The number of fused-ring (bicyclic) bond motifs is 1. The molecule has 0 radical (unpaired) electrons. The van der Waals surface area contributed by atoms with Crippen molar-refractivity contribution in [2.75, 3.05) is 16.0 Å². The Bertz CT molecular complexity index is 1450. The normalized spacial score (nSPS) is 17.4. The van der Waals surface area contributed by atoms with Gasteiger partial charge in [0.2, 0.25) is 0 Å². The lowest BCUT2D eigenvalue weighted by Crippen LogP contribution is -2.33. The van der Waals surface area contributed by atoms with Crippen LogP contribution in [0.4, 0.5) is 27.3 Å². The fraction of sp³-hybridized carbons (Fsp3) is 0.240. The van der Waals surface area contributed by atoms with Crippen molar-refractivity contribution in [3.63, 3.8) is 0 Å². The van der Waals surface area contributed by atoms with Crippen LogP contribution in [0, 0.1) is 17.1 Å². The molecular weight excluding hydrogens is 461 g/mol. The van der Waals surface area contributed by atoms with Gasteiger partial charge < -0.3 is 21.7 Å². The van der Waals surface area contributed by atoms with Crippen LogP contribution < -0.4 is 21.7 Å². The molecule has 1 amide bonds. The summed E-state index contributed by atoms with van der Waals surface area (Å²) in [5, 5.41) is 23.2. The number of amides is 1. The van der Waals surface area contributed by atoms with Crippen LogP contribution in [0.2, 0.25) is 0 Å². The molecule has 1 saturated carbocycles. The maximum atomic E-state index is 14.1. The number of hydrogen-bond acceptors (Lipinski definition) is 8. The molecule has 5 N–H and O–H groups in total. The SMILES string of the molecule is N#Cc1cccc(Nc2cc(N[C@H]3CC[C@H](N)CC3)nn3c(C(=O)Nc4ccncc4F)cnc23)c1. The molecule has 0 aliphatic heterocycles. The second-order valence-corrected chi connectivity index (χ2v) is 8.71. The predicted octanol–water partition coefficient (Wildman–Crippen LogP) is 3.81. The zero-order chi connectivity index (χ0) is 25.1. The van der Waals surface area contributed by atoms with Crippen molar-refractivity contribution < 1.29 is 9.18 Å². The first kappa shape index (κ1) is 23.2. The first-order valence-electron chi connectivity index (χ1n) is 11.6. The molecule has 1 aliphatic rings. The standard InChI is InChI=1S/C25H24FN9O/c26-19-13-29-9-8-20(19)33-25(36)22-14-30-24-21(31-18-3-1-2-15(10-18)12-27)11-23(34-35(22)24)32-17-6-4-16(28)5-7-17/h1-3,8-11,13-14,16-17,31H,4-7,28H2,(H,32,34)(H,29,33,36)/t16-,17-. The van der Waals surface area contributed by atoms with Gasteiger partial charge in [-0.05, 0) is 49.9 Å². The summed E-state index contributed by atoms with van der Waals surface area (Å²) in [6, 6.07) is 12.8. The summed E-state index contributed by atoms with van der Waals surface area (Å²) in [5.74, 6) is -0.674. The Labute approximate surface area is 206 Å². The molecule has 0 atom stereocenters. The highest BCUT2D eigenvalue weighted by atomic mass is 19.1. The summed E-state index contributed by atoms with van der Waals surface area (Å²) in [4.78, 5) is 21.1. The zero-order valence-electron chi connectivity index (χ0n) is 19.3. The number of pyridine rings is 1. The van der Waals surface area contributed by atoms with Crippen molar-refractivity contribution in [1.82, 2.24) is 19.6 Å². The van der Waals surface area contributed by atoms with E-state index in [4.69, 9.17) is 5.73 Å². The summed E-state index contributed by atoms with van der Waals surface area (Å²) in [6.45, 7) is 0. The largest absolute Gasteiger partial charge is 0.366 e. The van der Waals surface area contributed by atoms with Crippen molar-refractivity contribution in [1.29, 1.82) is 5.26 Å². The number of nitrogens with two attached hydrogens (primary N) is 1. The molecule has 0 saturated heterocycles. The van der Waals surface area contributed by atoms with Crippen molar-refractivity contribution in [2.24, 2.45) is 5.73 Å². The number of nitrogens with one attached hydrogen (secondary N) is 3. The lowest BCUT2D eigenvalue weighted by molar-refractivity contribution is 0.102. The summed E-state index contributed by atoms with van der Waals surface area (Å²) in [7, 11) is 0. The molecule has 0 unspecified atom stereocenters. The minimum absolute atomic E-state index is 0.00411. The summed E-state index contributed by atoms with van der Waals surface area (Å²) >= 11 is 0.